The standard InChI is InChI=1S/C17H22F3NO/c18-17(19,20)14-6-3-4-13(10-14)11-21-9-8-16(22)7-2-1-5-15(16)12-21/h3-4,6,10,15,22H,1-2,5,7-9,11-12H2/t15-,16+/m1/s1. The molecule has 1 aliphatic heterocycles. The van der Waals surface area contributed by atoms with E-state index < -0.39 is 17.3 Å². The molecule has 1 aliphatic carbocycles. The van der Waals surface area contributed by atoms with E-state index in [9.17, 15) is 18.3 Å². The molecule has 1 aromatic rings. The van der Waals surface area contributed by atoms with E-state index in [1.165, 1.54) is 12.1 Å². The molecule has 0 aromatic heterocycles. The smallest absolute Gasteiger partial charge is 0.390 e. The third kappa shape index (κ3) is 3.30. The Bertz CT molecular complexity index is 531. The third-order valence-electron chi connectivity index (χ3n) is 5.17. The van der Waals surface area contributed by atoms with Crippen LogP contribution in [0.5, 0.6) is 0 Å². The van der Waals surface area contributed by atoms with Crippen LogP contribution in [0.2, 0.25) is 0 Å². The molecule has 3 rings (SSSR count). The number of halogens is 3. The lowest BCUT2D eigenvalue weighted by atomic mass is 9.71. The summed E-state index contributed by atoms with van der Waals surface area (Å²) in [6, 6.07) is 5.57. The van der Waals surface area contributed by atoms with E-state index in [1.807, 2.05) is 0 Å². The van der Waals surface area contributed by atoms with Crippen molar-refractivity contribution in [1.29, 1.82) is 0 Å². The van der Waals surface area contributed by atoms with Crippen LogP contribution in [0, 0.1) is 5.92 Å². The molecule has 1 heterocycles. The van der Waals surface area contributed by atoms with Crippen LogP contribution < -0.4 is 0 Å². The Kier molecular flexibility index (Phi) is 4.21. The van der Waals surface area contributed by atoms with Crippen molar-refractivity contribution >= 4 is 0 Å². The summed E-state index contributed by atoms with van der Waals surface area (Å²) in [6.45, 7) is 2.06. The topological polar surface area (TPSA) is 23.5 Å². The molecule has 1 N–H and O–H groups in total. The zero-order valence-electron chi connectivity index (χ0n) is 12.6. The van der Waals surface area contributed by atoms with Gasteiger partial charge >= 0.3 is 6.18 Å². The Balaban J connectivity index is 1.67. The lowest BCUT2D eigenvalue weighted by Crippen LogP contribution is -2.52. The molecular formula is C17H22F3NO. The molecule has 0 radical (unpaired) electrons. The number of benzene rings is 1. The van der Waals surface area contributed by atoms with Gasteiger partial charge in [0.1, 0.15) is 0 Å². The highest BCUT2D eigenvalue weighted by molar-refractivity contribution is 5.25. The predicted octanol–water partition coefficient (Wildman–Crippen LogP) is 3.83. The maximum Gasteiger partial charge on any atom is 0.416 e. The van der Waals surface area contributed by atoms with E-state index in [4.69, 9.17) is 0 Å². The molecule has 2 fully saturated rings. The molecule has 0 unspecified atom stereocenters. The maximum absolute atomic E-state index is 12.8. The van der Waals surface area contributed by atoms with Gasteiger partial charge in [0.25, 0.3) is 0 Å². The van der Waals surface area contributed by atoms with Gasteiger partial charge in [0, 0.05) is 25.6 Å². The zero-order chi connectivity index (χ0) is 15.8. The van der Waals surface area contributed by atoms with Crippen LogP contribution in [0.1, 0.15) is 43.2 Å². The number of piperidine rings is 1. The van der Waals surface area contributed by atoms with Gasteiger partial charge in [0.2, 0.25) is 0 Å². The number of aliphatic hydroxyl groups is 1. The fourth-order valence-electron chi connectivity index (χ4n) is 3.89. The van der Waals surface area contributed by atoms with E-state index >= 15 is 0 Å². The molecular weight excluding hydrogens is 291 g/mol. The lowest BCUT2D eigenvalue weighted by molar-refractivity contribution is -0.137. The van der Waals surface area contributed by atoms with Gasteiger partial charge in [-0.2, -0.15) is 13.2 Å². The Hall–Kier alpha value is -1.07. The second-order valence-electron chi connectivity index (χ2n) is 6.73. The molecule has 122 valence electrons. The number of likely N-dealkylation sites (tertiary alicyclic amines) is 1. The summed E-state index contributed by atoms with van der Waals surface area (Å²) >= 11 is 0. The van der Waals surface area contributed by atoms with Crippen LogP contribution in [0.25, 0.3) is 0 Å². The Morgan fingerprint density at radius 1 is 1.23 bits per heavy atom. The van der Waals surface area contributed by atoms with Crippen molar-refractivity contribution in [2.24, 2.45) is 5.92 Å². The van der Waals surface area contributed by atoms with E-state index in [2.05, 4.69) is 4.90 Å². The van der Waals surface area contributed by atoms with Crippen molar-refractivity contribution in [2.45, 2.75) is 50.4 Å². The summed E-state index contributed by atoms with van der Waals surface area (Å²) in [4.78, 5) is 2.18. The van der Waals surface area contributed by atoms with Crippen LogP contribution in [-0.2, 0) is 12.7 Å². The van der Waals surface area contributed by atoms with Crippen LogP contribution in [0.4, 0.5) is 13.2 Å². The SMILES string of the molecule is O[C@]12CCCC[C@@H]1CN(Cc1cccc(C(F)(F)F)c1)CC2. The van der Waals surface area contributed by atoms with Gasteiger partial charge in [-0.3, -0.25) is 4.90 Å². The van der Waals surface area contributed by atoms with Crippen molar-refractivity contribution < 1.29 is 18.3 Å². The third-order valence-corrected chi connectivity index (χ3v) is 5.17. The van der Waals surface area contributed by atoms with Crippen LogP contribution in [-0.4, -0.2) is 28.7 Å². The minimum absolute atomic E-state index is 0.265. The number of hydrogen-bond acceptors (Lipinski definition) is 2. The second-order valence-corrected chi connectivity index (χ2v) is 6.73. The summed E-state index contributed by atoms with van der Waals surface area (Å²) in [5, 5.41) is 10.7. The summed E-state index contributed by atoms with van der Waals surface area (Å²) < 4.78 is 38.3. The van der Waals surface area contributed by atoms with E-state index in [-0.39, 0.29) is 5.92 Å². The van der Waals surface area contributed by atoms with Crippen molar-refractivity contribution in [2.75, 3.05) is 13.1 Å². The number of alkyl halides is 3. The van der Waals surface area contributed by atoms with Crippen LogP contribution in [0.3, 0.4) is 0 Å². The van der Waals surface area contributed by atoms with Crippen molar-refractivity contribution in [3.05, 3.63) is 35.4 Å². The molecule has 0 amide bonds. The average Bonchev–Trinajstić information content (AvgIpc) is 2.47. The number of hydrogen-bond donors (Lipinski definition) is 1. The molecule has 0 bridgehead atoms. The van der Waals surface area contributed by atoms with Gasteiger partial charge < -0.3 is 5.11 Å². The van der Waals surface area contributed by atoms with Crippen LogP contribution in [0.15, 0.2) is 24.3 Å². The predicted molar refractivity (Wildman–Crippen MR) is 78.2 cm³/mol. The minimum atomic E-state index is -4.29. The lowest BCUT2D eigenvalue weighted by Gasteiger charge is -2.47. The maximum atomic E-state index is 12.8. The Labute approximate surface area is 128 Å². The van der Waals surface area contributed by atoms with Gasteiger partial charge in [-0.15, -0.1) is 0 Å². The molecule has 0 spiro atoms. The molecule has 22 heavy (non-hydrogen) atoms. The first-order valence-corrected chi connectivity index (χ1v) is 7.98. The van der Waals surface area contributed by atoms with Gasteiger partial charge in [-0.1, -0.05) is 31.0 Å². The van der Waals surface area contributed by atoms with Crippen LogP contribution >= 0.6 is 0 Å². The molecule has 1 aromatic carbocycles. The molecule has 5 heteroatoms. The first kappa shape index (κ1) is 15.8. The average molecular weight is 313 g/mol. The molecule has 2 aliphatic rings. The van der Waals surface area contributed by atoms with Crippen molar-refractivity contribution in [1.82, 2.24) is 4.90 Å². The highest BCUT2D eigenvalue weighted by Gasteiger charge is 2.42. The molecule has 2 atom stereocenters. The highest BCUT2D eigenvalue weighted by atomic mass is 19.4. The number of nitrogens with zero attached hydrogens (tertiary/aromatic N) is 1. The Morgan fingerprint density at radius 3 is 2.82 bits per heavy atom. The van der Waals surface area contributed by atoms with Crippen molar-refractivity contribution in [3.8, 4) is 0 Å². The zero-order valence-corrected chi connectivity index (χ0v) is 12.6. The fraction of sp³-hybridized carbons (Fsp3) is 0.647. The molecule has 2 nitrogen and oxygen atoms in total. The minimum Gasteiger partial charge on any atom is -0.390 e. The first-order valence-electron chi connectivity index (χ1n) is 7.98. The summed E-state index contributed by atoms with van der Waals surface area (Å²) in [5.41, 5.74) is -0.435. The van der Waals surface area contributed by atoms with E-state index in [0.29, 0.717) is 12.1 Å². The fourth-order valence-corrected chi connectivity index (χ4v) is 3.89. The molecule has 1 saturated heterocycles. The van der Waals surface area contributed by atoms with E-state index in [1.54, 1.807) is 6.07 Å². The quantitative estimate of drug-likeness (QED) is 0.897. The largest absolute Gasteiger partial charge is 0.416 e. The highest BCUT2D eigenvalue weighted by Crippen LogP contribution is 2.40. The van der Waals surface area contributed by atoms with Gasteiger partial charge in [-0.25, -0.2) is 0 Å². The Morgan fingerprint density at radius 2 is 2.05 bits per heavy atom. The van der Waals surface area contributed by atoms with Crippen molar-refractivity contribution in [3.63, 3.8) is 0 Å². The van der Waals surface area contributed by atoms with Gasteiger partial charge in [0.05, 0.1) is 11.2 Å². The summed E-state index contributed by atoms with van der Waals surface area (Å²) in [6.07, 6.45) is 0.563. The summed E-state index contributed by atoms with van der Waals surface area (Å²) in [5.74, 6) is 0.265. The van der Waals surface area contributed by atoms with Gasteiger partial charge in [-0.05, 0) is 30.9 Å². The summed E-state index contributed by atoms with van der Waals surface area (Å²) in [7, 11) is 0. The number of rotatable bonds is 2. The van der Waals surface area contributed by atoms with Gasteiger partial charge in [0.15, 0.2) is 0 Å². The van der Waals surface area contributed by atoms with E-state index in [0.717, 1.165) is 51.3 Å². The second kappa shape index (κ2) is 5.85. The number of fused-ring (bicyclic) bond motifs is 1. The monoisotopic (exact) mass is 313 g/mol. The molecule has 1 saturated carbocycles. The normalized spacial score (nSPS) is 30.1. The first-order chi connectivity index (χ1) is 10.4.